The molecule has 1 aliphatic rings. The van der Waals surface area contributed by atoms with Crippen molar-refractivity contribution in [2.24, 2.45) is 5.92 Å². The highest BCUT2D eigenvalue weighted by Gasteiger charge is 2.22. The minimum Gasteiger partial charge on any atom is -0.389 e. The van der Waals surface area contributed by atoms with Crippen molar-refractivity contribution in [3.63, 3.8) is 0 Å². The monoisotopic (exact) mass is 341 g/mol. The predicted molar refractivity (Wildman–Crippen MR) is 86.0 cm³/mol. The summed E-state index contributed by atoms with van der Waals surface area (Å²) >= 11 is 3.40. The molecule has 0 saturated heterocycles. The molecule has 112 valence electrons. The number of anilines is 1. The van der Waals surface area contributed by atoms with Crippen LogP contribution in [0.5, 0.6) is 0 Å². The van der Waals surface area contributed by atoms with Gasteiger partial charge in [-0.25, -0.2) is 0 Å². The molecule has 1 fully saturated rings. The fourth-order valence-corrected chi connectivity index (χ4v) is 2.89. The first-order chi connectivity index (χ1) is 9.65. The van der Waals surface area contributed by atoms with Crippen LogP contribution < -0.4 is 5.32 Å². The normalized spacial score (nSPS) is 24.4. The third-order valence-electron chi connectivity index (χ3n) is 3.92. The second-order valence-corrected chi connectivity index (χ2v) is 6.59. The van der Waals surface area contributed by atoms with Crippen LogP contribution in [0.1, 0.15) is 32.6 Å². The molecule has 4 heteroatoms. The van der Waals surface area contributed by atoms with Crippen molar-refractivity contribution >= 4 is 21.6 Å². The number of hydrogen-bond acceptors (Lipinski definition) is 3. The zero-order valence-corrected chi connectivity index (χ0v) is 13.6. The second-order valence-electron chi connectivity index (χ2n) is 5.68. The van der Waals surface area contributed by atoms with Crippen molar-refractivity contribution in [1.29, 1.82) is 0 Å². The lowest BCUT2D eigenvalue weighted by Gasteiger charge is -2.29. The van der Waals surface area contributed by atoms with Gasteiger partial charge in [0.2, 0.25) is 0 Å². The highest BCUT2D eigenvalue weighted by atomic mass is 79.9. The van der Waals surface area contributed by atoms with Crippen molar-refractivity contribution in [3.8, 4) is 0 Å². The van der Waals surface area contributed by atoms with E-state index in [2.05, 4.69) is 28.2 Å². The molecule has 0 aromatic heterocycles. The molecular formula is C16H24BrNO2. The smallest absolute Gasteiger partial charge is 0.0945 e. The van der Waals surface area contributed by atoms with Gasteiger partial charge in [-0.3, -0.25) is 0 Å². The van der Waals surface area contributed by atoms with Crippen molar-refractivity contribution in [2.45, 2.75) is 44.8 Å². The fraction of sp³-hybridized carbons (Fsp3) is 0.625. The number of aliphatic hydroxyl groups is 1. The van der Waals surface area contributed by atoms with E-state index in [-0.39, 0.29) is 0 Å². The molecule has 0 spiro atoms. The van der Waals surface area contributed by atoms with Crippen LogP contribution in [0.3, 0.4) is 0 Å². The lowest BCUT2D eigenvalue weighted by molar-refractivity contribution is -0.0424. The average molecular weight is 342 g/mol. The molecule has 0 radical (unpaired) electrons. The molecule has 3 nitrogen and oxygen atoms in total. The van der Waals surface area contributed by atoms with E-state index in [1.54, 1.807) is 0 Å². The Morgan fingerprint density at radius 1 is 1.30 bits per heavy atom. The molecule has 1 aromatic carbocycles. The van der Waals surface area contributed by atoms with Crippen LogP contribution in [0.25, 0.3) is 0 Å². The molecule has 3 unspecified atom stereocenters. The van der Waals surface area contributed by atoms with Crippen molar-refractivity contribution < 1.29 is 9.84 Å². The van der Waals surface area contributed by atoms with Gasteiger partial charge in [0.15, 0.2) is 0 Å². The summed E-state index contributed by atoms with van der Waals surface area (Å²) < 4.78 is 6.92. The van der Waals surface area contributed by atoms with Crippen LogP contribution >= 0.6 is 15.9 Å². The summed E-state index contributed by atoms with van der Waals surface area (Å²) in [6, 6.07) is 7.94. The Morgan fingerprint density at radius 3 is 2.70 bits per heavy atom. The van der Waals surface area contributed by atoms with Gasteiger partial charge in [0.1, 0.15) is 0 Å². The van der Waals surface area contributed by atoms with E-state index in [1.807, 2.05) is 24.3 Å². The number of benzene rings is 1. The molecule has 0 aliphatic heterocycles. The van der Waals surface area contributed by atoms with Crippen LogP contribution in [-0.4, -0.2) is 30.5 Å². The summed E-state index contributed by atoms with van der Waals surface area (Å²) in [6.45, 7) is 3.18. The van der Waals surface area contributed by atoms with E-state index in [9.17, 15) is 5.11 Å². The summed E-state index contributed by atoms with van der Waals surface area (Å²) in [6.07, 6.45) is 4.81. The third-order valence-corrected chi connectivity index (χ3v) is 4.45. The van der Waals surface area contributed by atoms with E-state index >= 15 is 0 Å². The maximum atomic E-state index is 9.99. The highest BCUT2D eigenvalue weighted by Crippen LogP contribution is 2.26. The maximum Gasteiger partial charge on any atom is 0.0945 e. The molecular weight excluding hydrogens is 318 g/mol. The first-order valence-electron chi connectivity index (χ1n) is 7.44. The molecule has 0 heterocycles. The van der Waals surface area contributed by atoms with E-state index < -0.39 is 6.10 Å². The van der Waals surface area contributed by atoms with Gasteiger partial charge >= 0.3 is 0 Å². The Kier molecular flexibility index (Phi) is 6.33. The molecule has 20 heavy (non-hydrogen) atoms. The molecule has 0 amide bonds. The van der Waals surface area contributed by atoms with Crippen LogP contribution in [0.4, 0.5) is 5.69 Å². The molecule has 3 atom stereocenters. The van der Waals surface area contributed by atoms with E-state index in [4.69, 9.17) is 4.74 Å². The molecule has 2 rings (SSSR count). The van der Waals surface area contributed by atoms with Gasteiger partial charge in [-0.2, -0.15) is 0 Å². The summed E-state index contributed by atoms with van der Waals surface area (Å²) in [5.41, 5.74) is 1.01. The molecule has 1 aliphatic carbocycles. The van der Waals surface area contributed by atoms with Gasteiger partial charge in [-0.05, 0) is 43.0 Å². The first-order valence-corrected chi connectivity index (χ1v) is 8.23. The van der Waals surface area contributed by atoms with Gasteiger partial charge in [-0.15, -0.1) is 0 Å². The number of nitrogens with one attached hydrogen (secondary N) is 1. The van der Waals surface area contributed by atoms with E-state index in [0.29, 0.717) is 25.2 Å². The van der Waals surface area contributed by atoms with Crippen molar-refractivity contribution in [1.82, 2.24) is 0 Å². The number of hydrogen-bond donors (Lipinski definition) is 2. The van der Waals surface area contributed by atoms with Gasteiger partial charge in [0.05, 0.1) is 18.8 Å². The summed E-state index contributed by atoms with van der Waals surface area (Å²) in [5.74, 6) is 0.621. The summed E-state index contributed by atoms with van der Waals surface area (Å²) in [7, 11) is 0. The van der Waals surface area contributed by atoms with E-state index in [1.165, 1.54) is 19.3 Å². The number of rotatable bonds is 6. The lowest BCUT2D eigenvalue weighted by atomic mass is 9.88. The summed E-state index contributed by atoms with van der Waals surface area (Å²) in [5, 5.41) is 13.2. The largest absolute Gasteiger partial charge is 0.389 e. The topological polar surface area (TPSA) is 41.5 Å². The molecule has 1 saturated carbocycles. The Balaban J connectivity index is 1.67. The van der Waals surface area contributed by atoms with Crippen LogP contribution in [0, 0.1) is 5.92 Å². The van der Waals surface area contributed by atoms with Crippen LogP contribution in [-0.2, 0) is 4.74 Å². The minimum absolute atomic E-state index is 0.325. The third kappa shape index (κ3) is 5.08. The van der Waals surface area contributed by atoms with Crippen molar-refractivity contribution in [2.75, 3.05) is 18.5 Å². The predicted octanol–water partition coefficient (Wildman–Crippen LogP) is 3.82. The second kappa shape index (κ2) is 8.01. The van der Waals surface area contributed by atoms with Crippen LogP contribution in [0.2, 0.25) is 0 Å². The minimum atomic E-state index is -0.465. The summed E-state index contributed by atoms with van der Waals surface area (Å²) in [4.78, 5) is 0. The Morgan fingerprint density at radius 2 is 2.00 bits per heavy atom. The quantitative estimate of drug-likeness (QED) is 0.826. The number of aliphatic hydroxyl groups excluding tert-OH is 1. The number of ether oxygens (including phenoxy) is 1. The zero-order chi connectivity index (χ0) is 14.4. The van der Waals surface area contributed by atoms with Gasteiger partial charge in [-0.1, -0.05) is 35.7 Å². The zero-order valence-electron chi connectivity index (χ0n) is 12.0. The Labute approximate surface area is 129 Å². The first kappa shape index (κ1) is 15.8. The average Bonchev–Trinajstić information content (AvgIpc) is 2.46. The van der Waals surface area contributed by atoms with Crippen molar-refractivity contribution in [3.05, 3.63) is 28.7 Å². The molecule has 2 N–H and O–H groups in total. The maximum absolute atomic E-state index is 9.99. The molecule has 1 aromatic rings. The van der Waals surface area contributed by atoms with E-state index in [0.717, 1.165) is 16.6 Å². The van der Waals surface area contributed by atoms with Crippen LogP contribution in [0.15, 0.2) is 28.7 Å². The fourth-order valence-electron chi connectivity index (χ4n) is 2.63. The van der Waals surface area contributed by atoms with Gasteiger partial charge in [0.25, 0.3) is 0 Å². The highest BCUT2D eigenvalue weighted by molar-refractivity contribution is 9.10. The van der Waals surface area contributed by atoms with Gasteiger partial charge in [0, 0.05) is 16.7 Å². The SMILES string of the molecule is CC1CCCCC1OCC(O)CNc1ccc(Br)cc1. The Hall–Kier alpha value is -0.580. The van der Waals surface area contributed by atoms with Gasteiger partial charge < -0.3 is 15.2 Å². The lowest BCUT2D eigenvalue weighted by Crippen LogP contribution is -2.32. The molecule has 0 bridgehead atoms. The standard InChI is InChI=1S/C16H24BrNO2/c1-12-4-2-3-5-16(12)20-11-15(19)10-18-14-8-6-13(17)7-9-14/h6-9,12,15-16,18-19H,2-5,10-11H2,1H3. The Bertz CT molecular complexity index is 396. The number of halogens is 1.